The minimum atomic E-state index is 0.693. The van der Waals surface area contributed by atoms with Gasteiger partial charge in [0, 0.05) is 53.3 Å². The summed E-state index contributed by atoms with van der Waals surface area (Å²) in [5.74, 6) is 0.693. The van der Waals surface area contributed by atoms with Crippen molar-refractivity contribution < 1.29 is 0 Å². The molecule has 3 aromatic heterocycles. The zero-order valence-corrected chi connectivity index (χ0v) is 35.4. The van der Waals surface area contributed by atoms with Gasteiger partial charge in [-0.2, -0.15) is 0 Å². The monoisotopic (exact) mass is 831 g/mol. The maximum atomic E-state index is 5.45. The molecule has 0 unspecified atom stereocenters. The first-order valence-electron chi connectivity index (χ1n) is 21.7. The van der Waals surface area contributed by atoms with Gasteiger partial charge >= 0.3 is 0 Å². The van der Waals surface area contributed by atoms with Crippen LogP contribution in [0.4, 0.5) is 0 Å². The van der Waals surface area contributed by atoms with Gasteiger partial charge in [0.05, 0.1) is 22.4 Å². The molecule has 13 aromatic rings. The number of para-hydroxylation sites is 1. The van der Waals surface area contributed by atoms with Crippen molar-refractivity contribution in [3.63, 3.8) is 0 Å². The van der Waals surface area contributed by atoms with E-state index in [2.05, 4.69) is 223 Å². The number of hydrogen-bond acceptors (Lipinski definition) is 3. The van der Waals surface area contributed by atoms with Crippen LogP contribution in [0.1, 0.15) is 0 Å². The average Bonchev–Trinajstić information content (AvgIpc) is 3.92. The molecule has 0 atom stereocenters. The molecule has 298 valence electrons. The van der Waals surface area contributed by atoms with Crippen LogP contribution in [-0.2, 0) is 0 Å². The quantitative estimate of drug-likeness (QED) is 0.156. The summed E-state index contributed by atoms with van der Waals surface area (Å²) in [5, 5.41) is 9.84. The van der Waals surface area contributed by atoms with Gasteiger partial charge in [-0.15, -0.1) is 11.3 Å². The number of thiophene rings is 1. The maximum absolute atomic E-state index is 5.45. The Hall–Kier alpha value is -8.18. The highest BCUT2D eigenvalue weighted by Crippen LogP contribution is 2.43. The summed E-state index contributed by atoms with van der Waals surface area (Å²) in [7, 11) is 0. The van der Waals surface area contributed by atoms with Crippen LogP contribution in [0.2, 0.25) is 0 Å². The number of aromatic nitrogens is 3. The van der Waals surface area contributed by atoms with Crippen molar-refractivity contribution in [1.29, 1.82) is 0 Å². The van der Waals surface area contributed by atoms with E-state index in [1.54, 1.807) is 0 Å². The molecule has 0 radical (unpaired) electrons. The van der Waals surface area contributed by atoms with Gasteiger partial charge in [-0.05, 0) is 92.3 Å². The van der Waals surface area contributed by atoms with Crippen molar-refractivity contribution in [3.05, 3.63) is 224 Å². The molecule has 0 spiro atoms. The Morgan fingerprint density at radius 1 is 0.328 bits per heavy atom. The standard InChI is InChI=1S/C60H37N3S/c1-3-16-38(17-4-1)40-30-31-49-48-24-11-13-28-56(48)63(57(49)36-40)44-33-42(53-35-41-20-7-8-21-45(41)46-22-9-10-23-47(46)53)32-43(34-44)54-37-55(62-60(61-54)39-18-5-2-6-19-39)52-27-15-26-51-50-25-12-14-29-58(50)64-59(51)52/h1-37H. The van der Waals surface area contributed by atoms with Crippen LogP contribution < -0.4 is 0 Å². The average molecular weight is 832 g/mol. The van der Waals surface area contributed by atoms with Gasteiger partial charge in [0.2, 0.25) is 0 Å². The van der Waals surface area contributed by atoms with E-state index in [1.807, 2.05) is 17.4 Å². The molecule has 3 nitrogen and oxygen atoms in total. The second kappa shape index (κ2) is 14.7. The van der Waals surface area contributed by atoms with Crippen molar-refractivity contribution in [3.8, 4) is 61.8 Å². The lowest BCUT2D eigenvalue weighted by Crippen LogP contribution is -1.99. The Labute approximate surface area is 373 Å². The minimum absolute atomic E-state index is 0.693. The first-order chi connectivity index (χ1) is 31.7. The zero-order chi connectivity index (χ0) is 42.1. The van der Waals surface area contributed by atoms with Gasteiger partial charge < -0.3 is 4.57 Å². The van der Waals surface area contributed by atoms with Crippen molar-refractivity contribution >= 4 is 74.9 Å². The summed E-state index contributed by atoms with van der Waals surface area (Å²) < 4.78 is 4.94. The van der Waals surface area contributed by atoms with Gasteiger partial charge in [-0.25, -0.2) is 9.97 Å². The predicted octanol–water partition coefficient (Wildman–Crippen LogP) is 16.6. The van der Waals surface area contributed by atoms with E-state index in [0.717, 1.165) is 50.4 Å². The maximum Gasteiger partial charge on any atom is 0.160 e. The number of fused-ring (bicyclic) bond motifs is 9. The largest absolute Gasteiger partial charge is 0.309 e. The Kier molecular flexibility index (Phi) is 8.40. The third kappa shape index (κ3) is 5.95. The van der Waals surface area contributed by atoms with Crippen molar-refractivity contribution in [2.45, 2.75) is 0 Å². The first-order valence-corrected chi connectivity index (χ1v) is 22.5. The van der Waals surface area contributed by atoms with Crippen LogP contribution in [-0.4, -0.2) is 14.5 Å². The van der Waals surface area contributed by atoms with E-state index in [-0.39, 0.29) is 0 Å². The summed E-state index contributed by atoms with van der Waals surface area (Å²) in [5.41, 5.74) is 12.9. The molecule has 0 bridgehead atoms. The van der Waals surface area contributed by atoms with Gasteiger partial charge in [0.1, 0.15) is 0 Å². The summed E-state index contributed by atoms with van der Waals surface area (Å²) in [6.07, 6.45) is 0. The van der Waals surface area contributed by atoms with Gasteiger partial charge in [0.25, 0.3) is 0 Å². The Morgan fingerprint density at radius 2 is 0.969 bits per heavy atom. The van der Waals surface area contributed by atoms with Crippen LogP contribution in [0.25, 0.3) is 125 Å². The molecule has 0 aliphatic heterocycles. The highest BCUT2D eigenvalue weighted by atomic mass is 32.1. The van der Waals surface area contributed by atoms with E-state index >= 15 is 0 Å². The molecule has 3 heterocycles. The first kappa shape index (κ1) is 36.5. The van der Waals surface area contributed by atoms with Crippen molar-refractivity contribution in [2.75, 3.05) is 0 Å². The second-order valence-corrected chi connectivity index (χ2v) is 17.6. The Morgan fingerprint density at radius 3 is 1.81 bits per heavy atom. The molecule has 0 fully saturated rings. The minimum Gasteiger partial charge on any atom is -0.309 e. The lowest BCUT2D eigenvalue weighted by Gasteiger charge is -2.17. The fourth-order valence-corrected chi connectivity index (χ4v) is 11.0. The molecule has 0 aliphatic rings. The highest BCUT2D eigenvalue weighted by molar-refractivity contribution is 7.26. The third-order valence-electron chi connectivity index (χ3n) is 12.8. The Balaban J connectivity index is 1.12. The molecule has 0 saturated carbocycles. The lowest BCUT2D eigenvalue weighted by atomic mass is 9.91. The molecular weight excluding hydrogens is 795 g/mol. The smallest absolute Gasteiger partial charge is 0.160 e. The molecule has 0 amide bonds. The van der Waals surface area contributed by atoms with Crippen LogP contribution in [0.5, 0.6) is 0 Å². The number of hydrogen-bond donors (Lipinski definition) is 0. The van der Waals surface area contributed by atoms with Crippen LogP contribution in [0, 0.1) is 0 Å². The predicted molar refractivity (Wildman–Crippen MR) is 271 cm³/mol. The molecular formula is C60H37N3S. The van der Waals surface area contributed by atoms with E-state index in [1.165, 1.54) is 69.2 Å². The van der Waals surface area contributed by atoms with Crippen LogP contribution in [0.15, 0.2) is 224 Å². The Bertz CT molecular complexity index is 3960. The number of nitrogens with zero attached hydrogens (tertiary/aromatic N) is 3. The van der Waals surface area contributed by atoms with Gasteiger partial charge in [0.15, 0.2) is 5.82 Å². The molecule has 4 heteroatoms. The summed E-state index contributed by atoms with van der Waals surface area (Å²) in [4.78, 5) is 10.8. The normalized spacial score (nSPS) is 11.8. The highest BCUT2D eigenvalue weighted by Gasteiger charge is 2.20. The number of benzene rings is 10. The van der Waals surface area contributed by atoms with Gasteiger partial charge in [-0.3, -0.25) is 0 Å². The molecule has 64 heavy (non-hydrogen) atoms. The lowest BCUT2D eigenvalue weighted by molar-refractivity contribution is 1.17. The van der Waals surface area contributed by atoms with E-state index in [9.17, 15) is 0 Å². The van der Waals surface area contributed by atoms with E-state index in [0.29, 0.717) is 5.82 Å². The van der Waals surface area contributed by atoms with Crippen LogP contribution in [0.3, 0.4) is 0 Å². The summed E-state index contributed by atoms with van der Waals surface area (Å²) in [6.45, 7) is 0. The molecule has 0 saturated heterocycles. The van der Waals surface area contributed by atoms with Crippen molar-refractivity contribution in [1.82, 2.24) is 14.5 Å². The van der Waals surface area contributed by atoms with E-state index in [4.69, 9.17) is 9.97 Å². The second-order valence-electron chi connectivity index (χ2n) is 16.5. The number of rotatable bonds is 6. The third-order valence-corrected chi connectivity index (χ3v) is 14.0. The fraction of sp³-hybridized carbons (Fsp3) is 0. The van der Waals surface area contributed by atoms with Crippen LogP contribution >= 0.6 is 11.3 Å². The topological polar surface area (TPSA) is 30.7 Å². The van der Waals surface area contributed by atoms with Gasteiger partial charge in [-0.1, -0.05) is 176 Å². The molecule has 0 N–H and O–H groups in total. The zero-order valence-electron chi connectivity index (χ0n) is 34.6. The SMILES string of the molecule is c1ccc(-c2ccc3c4ccccc4n(-c4cc(-c5cc(-c6cccc7c6sc6ccccc67)nc(-c6ccccc6)n5)cc(-c5cc6ccccc6c6ccccc56)c4)c3c2)cc1. The summed E-state index contributed by atoms with van der Waals surface area (Å²) in [6, 6.07) is 81.2. The molecule has 13 rings (SSSR count). The molecule has 10 aromatic carbocycles. The van der Waals surface area contributed by atoms with Crippen molar-refractivity contribution in [2.24, 2.45) is 0 Å². The van der Waals surface area contributed by atoms with E-state index < -0.39 is 0 Å². The summed E-state index contributed by atoms with van der Waals surface area (Å²) >= 11 is 1.83. The molecule has 0 aliphatic carbocycles. The fourth-order valence-electron chi connectivity index (χ4n) is 9.79.